The molecular weight excluding hydrogens is 266 g/mol. The smallest absolute Gasteiger partial charge is 0.259 e. The summed E-state index contributed by atoms with van der Waals surface area (Å²) in [6.07, 6.45) is 1.45. The van der Waals surface area contributed by atoms with Crippen LogP contribution in [0.25, 0.3) is 0 Å². The standard InChI is InChI=1S/C12H15N3O3S/c1-9-14-12(8-15(9)2)19(17,18)13-7-10-5-3-4-6-11(10)16/h3-6,8,13,16H,7H2,1-2H3. The Hall–Kier alpha value is -1.86. The highest BCUT2D eigenvalue weighted by molar-refractivity contribution is 7.89. The Kier molecular flexibility index (Phi) is 3.59. The van der Waals surface area contributed by atoms with Gasteiger partial charge in [-0.05, 0) is 13.0 Å². The van der Waals surface area contributed by atoms with Crippen molar-refractivity contribution in [1.82, 2.24) is 14.3 Å². The topological polar surface area (TPSA) is 84.2 Å². The van der Waals surface area contributed by atoms with Gasteiger partial charge < -0.3 is 9.67 Å². The van der Waals surface area contributed by atoms with E-state index >= 15 is 0 Å². The molecule has 1 heterocycles. The maximum absolute atomic E-state index is 12.0. The van der Waals surface area contributed by atoms with Crippen LogP contribution in [0.4, 0.5) is 0 Å². The SMILES string of the molecule is Cc1nc(S(=O)(=O)NCc2ccccc2O)cn1C. The van der Waals surface area contributed by atoms with Crippen LogP contribution in [-0.4, -0.2) is 23.1 Å². The van der Waals surface area contributed by atoms with Gasteiger partial charge in [-0.1, -0.05) is 18.2 Å². The number of aromatic hydroxyl groups is 1. The largest absolute Gasteiger partial charge is 0.508 e. The quantitative estimate of drug-likeness (QED) is 0.872. The summed E-state index contributed by atoms with van der Waals surface area (Å²) in [6.45, 7) is 1.74. The molecule has 7 heteroatoms. The Balaban J connectivity index is 2.17. The van der Waals surface area contributed by atoms with Crippen molar-refractivity contribution in [2.45, 2.75) is 18.5 Å². The van der Waals surface area contributed by atoms with E-state index in [1.165, 1.54) is 12.3 Å². The molecule has 1 aromatic heterocycles. The van der Waals surface area contributed by atoms with E-state index in [1.54, 1.807) is 36.7 Å². The van der Waals surface area contributed by atoms with E-state index in [0.717, 1.165) is 0 Å². The molecule has 0 aliphatic rings. The van der Waals surface area contributed by atoms with Crippen LogP contribution in [0.1, 0.15) is 11.4 Å². The zero-order chi connectivity index (χ0) is 14.0. The number of para-hydroxylation sites is 1. The molecule has 0 amide bonds. The molecule has 0 atom stereocenters. The molecule has 0 aliphatic carbocycles. The van der Waals surface area contributed by atoms with Crippen LogP contribution in [0.15, 0.2) is 35.5 Å². The third-order valence-corrected chi connectivity index (χ3v) is 4.08. The van der Waals surface area contributed by atoms with Crippen molar-refractivity contribution in [1.29, 1.82) is 0 Å². The van der Waals surface area contributed by atoms with Crippen LogP contribution < -0.4 is 4.72 Å². The number of aromatic nitrogens is 2. The Labute approximate surface area is 111 Å². The Morgan fingerprint density at radius 2 is 2.05 bits per heavy atom. The van der Waals surface area contributed by atoms with E-state index in [4.69, 9.17) is 0 Å². The Morgan fingerprint density at radius 3 is 2.63 bits per heavy atom. The van der Waals surface area contributed by atoms with Gasteiger partial charge in [-0.15, -0.1) is 0 Å². The average molecular weight is 281 g/mol. The zero-order valence-corrected chi connectivity index (χ0v) is 11.5. The second kappa shape index (κ2) is 5.02. The van der Waals surface area contributed by atoms with Gasteiger partial charge in [-0.3, -0.25) is 0 Å². The average Bonchev–Trinajstić information content (AvgIpc) is 2.70. The number of phenolic OH excluding ortho intramolecular Hbond substituents is 1. The summed E-state index contributed by atoms with van der Waals surface area (Å²) in [5.41, 5.74) is 0.513. The first-order valence-electron chi connectivity index (χ1n) is 5.66. The van der Waals surface area contributed by atoms with Crippen LogP contribution in [0.3, 0.4) is 0 Å². The summed E-state index contributed by atoms with van der Waals surface area (Å²) in [4.78, 5) is 3.97. The number of benzene rings is 1. The van der Waals surface area contributed by atoms with E-state index in [0.29, 0.717) is 11.4 Å². The molecule has 1 aromatic carbocycles. The summed E-state index contributed by atoms with van der Waals surface area (Å²) in [5, 5.41) is 9.55. The van der Waals surface area contributed by atoms with Crippen LogP contribution in [0.2, 0.25) is 0 Å². The van der Waals surface area contributed by atoms with E-state index < -0.39 is 10.0 Å². The molecule has 0 spiro atoms. The monoisotopic (exact) mass is 281 g/mol. The van der Waals surface area contributed by atoms with Gasteiger partial charge in [0.05, 0.1) is 0 Å². The lowest BCUT2D eigenvalue weighted by Crippen LogP contribution is -2.23. The van der Waals surface area contributed by atoms with Crippen LogP contribution in [-0.2, 0) is 23.6 Å². The Morgan fingerprint density at radius 1 is 1.37 bits per heavy atom. The molecule has 0 bridgehead atoms. The maximum Gasteiger partial charge on any atom is 0.259 e. The highest BCUT2D eigenvalue weighted by Crippen LogP contribution is 2.16. The summed E-state index contributed by atoms with van der Waals surface area (Å²) in [5.74, 6) is 0.672. The number of imidazole rings is 1. The van der Waals surface area contributed by atoms with Crippen LogP contribution in [0, 0.1) is 6.92 Å². The van der Waals surface area contributed by atoms with Crippen molar-refractivity contribution < 1.29 is 13.5 Å². The van der Waals surface area contributed by atoms with Gasteiger partial charge >= 0.3 is 0 Å². The van der Waals surface area contributed by atoms with Gasteiger partial charge in [0.2, 0.25) is 0 Å². The van der Waals surface area contributed by atoms with Crippen LogP contribution >= 0.6 is 0 Å². The van der Waals surface area contributed by atoms with Crippen molar-refractivity contribution in [2.75, 3.05) is 0 Å². The van der Waals surface area contributed by atoms with Gasteiger partial charge in [0.1, 0.15) is 11.6 Å². The first-order chi connectivity index (χ1) is 8.90. The molecule has 0 aliphatic heterocycles. The number of nitrogens with one attached hydrogen (secondary N) is 1. The highest BCUT2D eigenvalue weighted by Gasteiger charge is 2.18. The molecule has 2 N–H and O–H groups in total. The van der Waals surface area contributed by atoms with E-state index in [1.807, 2.05) is 0 Å². The van der Waals surface area contributed by atoms with Gasteiger partial charge in [0, 0.05) is 25.4 Å². The maximum atomic E-state index is 12.0. The predicted molar refractivity (Wildman–Crippen MR) is 70.1 cm³/mol. The van der Waals surface area contributed by atoms with Crippen molar-refractivity contribution in [3.63, 3.8) is 0 Å². The molecule has 19 heavy (non-hydrogen) atoms. The number of sulfonamides is 1. The third kappa shape index (κ3) is 2.94. The molecule has 0 saturated carbocycles. The minimum Gasteiger partial charge on any atom is -0.508 e. The van der Waals surface area contributed by atoms with Gasteiger partial charge in [0.15, 0.2) is 5.03 Å². The molecule has 0 unspecified atom stereocenters. The lowest BCUT2D eigenvalue weighted by Gasteiger charge is -2.05. The summed E-state index contributed by atoms with van der Waals surface area (Å²) < 4.78 is 28.1. The van der Waals surface area contributed by atoms with Crippen molar-refractivity contribution in [2.24, 2.45) is 7.05 Å². The second-order valence-corrected chi connectivity index (χ2v) is 5.90. The minimum absolute atomic E-state index is 0.0185. The molecular formula is C12H15N3O3S. The highest BCUT2D eigenvalue weighted by atomic mass is 32.2. The zero-order valence-electron chi connectivity index (χ0n) is 10.7. The molecule has 2 rings (SSSR count). The van der Waals surface area contributed by atoms with Crippen LogP contribution in [0.5, 0.6) is 5.75 Å². The summed E-state index contributed by atoms with van der Waals surface area (Å²) in [7, 11) is -1.94. The lowest BCUT2D eigenvalue weighted by molar-refractivity contribution is 0.467. The van der Waals surface area contributed by atoms with Gasteiger partial charge in [-0.25, -0.2) is 18.1 Å². The number of phenols is 1. The fraction of sp³-hybridized carbons (Fsp3) is 0.250. The number of rotatable bonds is 4. The van der Waals surface area contributed by atoms with E-state index in [-0.39, 0.29) is 17.3 Å². The minimum atomic E-state index is -3.67. The molecule has 0 saturated heterocycles. The van der Waals surface area contributed by atoms with Crippen molar-refractivity contribution >= 4 is 10.0 Å². The molecule has 102 valence electrons. The first-order valence-corrected chi connectivity index (χ1v) is 7.15. The molecule has 2 aromatic rings. The Bertz CT molecular complexity index is 672. The lowest BCUT2D eigenvalue weighted by atomic mass is 10.2. The normalized spacial score (nSPS) is 11.7. The summed E-state index contributed by atoms with van der Waals surface area (Å²) in [6, 6.07) is 6.57. The van der Waals surface area contributed by atoms with Gasteiger partial charge in [0.25, 0.3) is 10.0 Å². The number of hydrogen-bond acceptors (Lipinski definition) is 4. The molecule has 0 radical (unpaired) electrons. The number of hydrogen-bond donors (Lipinski definition) is 2. The predicted octanol–water partition coefficient (Wildman–Crippen LogP) is 0.913. The first kappa shape index (κ1) is 13.6. The van der Waals surface area contributed by atoms with E-state index in [9.17, 15) is 13.5 Å². The molecule has 6 nitrogen and oxygen atoms in total. The third-order valence-electron chi connectivity index (χ3n) is 2.81. The fourth-order valence-corrected chi connectivity index (χ4v) is 2.61. The number of nitrogens with zero attached hydrogens (tertiary/aromatic N) is 2. The summed E-state index contributed by atoms with van der Waals surface area (Å²) >= 11 is 0. The van der Waals surface area contributed by atoms with Crippen molar-refractivity contribution in [3.05, 3.63) is 41.9 Å². The fourth-order valence-electron chi connectivity index (χ4n) is 1.56. The molecule has 0 fully saturated rings. The van der Waals surface area contributed by atoms with Crippen molar-refractivity contribution in [3.8, 4) is 5.75 Å². The second-order valence-electron chi connectivity index (χ2n) is 4.19. The van der Waals surface area contributed by atoms with Gasteiger partial charge in [-0.2, -0.15) is 0 Å². The number of aryl methyl sites for hydroxylation is 2. The van der Waals surface area contributed by atoms with E-state index in [2.05, 4.69) is 9.71 Å².